The van der Waals surface area contributed by atoms with Gasteiger partial charge in [0.2, 0.25) is 11.1 Å². The van der Waals surface area contributed by atoms with Crippen molar-refractivity contribution in [3.63, 3.8) is 0 Å². The van der Waals surface area contributed by atoms with Crippen LogP contribution in [0.2, 0.25) is 5.02 Å². The number of nitrogens with one attached hydrogen (secondary N) is 1. The first-order valence-corrected chi connectivity index (χ1v) is 9.63. The molecule has 0 spiro atoms. The van der Waals surface area contributed by atoms with Crippen LogP contribution in [-0.4, -0.2) is 38.5 Å². The van der Waals surface area contributed by atoms with Gasteiger partial charge in [-0.1, -0.05) is 29.4 Å². The van der Waals surface area contributed by atoms with Gasteiger partial charge in [0, 0.05) is 10.7 Å². The Labute approximate surface area is 166 Å². The maximum Gasteiger partial charge on any atom is 0.234 e. The minimum Gasteiger partial charge on any atom is -0.494 e. The van der Waals surface area contributed by atoms with Gasteiger partial charge in [-0.25, -0.2) is 0 Å². The normalized spacial score (nSPS) is 10.6. The molecule has 0 aliphatic rings. The zero-order valence-corrected chi connectivity index (χ0v) is 16.4. The van der Waals surface area contributed by atoms with E-state index in [4.69, 9.17) is 16.3 Å². The Morgan fingerprint density at radius 3 is 2.74 bits per heavy atom. The van der Waals surface area contributed by atoms with Crippen LogP contribution in [0, 0.1) is 6.92 Å². The molecule has 0 radical (unpaired) electrons. The van der Waals surface area contributed by atoms with E-state index in [2.05, 4.69) is 20.8 Å². The second-order valence-electron chi connectivity index (χ2n) is 5.60. The SMILES string of the molecule is CCOc1ccc(NC(=O)CSc2nnnn2-c2ccc(C)c(Cl)c2)cc1. The van der Waals surface area contributed by atoms with Crippen LogP contribution in [0.4, 0.5) is 5.69 Å². The van der Waals surface area contributed by atoms with Crippen molar-refractivity contribution in [3.05, 3.63) is 53.1 Å². The lowest BCUT2D eigenvalue weighted by molar-refractivity contribution is -0.113. The molecule has 0 aliphatic carbocycles. The van der Waals surface area contributed by atoms with Crippen LogP contribution >= 0.6 is 23.4 Å². The molecule has 140 valence electrons. The van der Waals surface area contributed by atoms with Crippen LogP contribution < -0.4 is 10.1 Å². The lowest BCUT2D eigenvalue weighted by atomic mass is 10.2. The Hall–Kier alpha value is -2.58. The summed E-state index contributed by atoms with van der Waals surface area (Å²) in [5.41, 5.74) is 2.41. The second kappa shape index (κ2) is 8.88. The Morgan fingerprint density at radius 2 is 2.04 bits per heavy atom. The molecule has 3 aromatic rings. The van der Waals surface area contributed by atoms with Crippen molar-refractivity contribution in [1.82, 2.24) is 20.2 Å². The molecule has 0 unspecified atom stereocenters. The van der Waals surface area contributed by atoms with Crippen LogP contribution in [0.15, 0.2) is 47.6 Å². The fourth-order valence-electron chi connectivity index (χ4n) is 2.27. The number of benzene rings is 2. The summed E-state index contributed by atoms with van der Waals surface area (Å²) in [6.07, 6.45) is 0. The minimum absolute atomic E-state index is 0.152. The van der Waals surface area contributed by atoms with Crippen molar-refractivity contribution in [2.45, 2.75) is 19.0 Å². The molecule has 27 heavy (non-hydrogen) atoms. The average Bonchev–Trinajstić information content (AvgIpc) is 3.13. The lowest BCUT2D eigenvalue weighted by Crippen LogP contribution is -2.14. The summed E-state index contributed by atoms with van der Waals surface area (Å²) in [6, 6.07) is 12.8. The summed E-state index contributed by atoms with van der Waals surface area (Å²) in [4.78, 5) is 12.2. The number of thioether (sulfide) groups is 1. The number of anilines is 1. The highest BCUT2D eigenvalue weighted by atomic mass is 35.5. The zero-order valence-electron chi connectivity index (χ0n) is 14.8. The monoisotopic (exact) mass is 403 g/mol. The highest BCUT2D eigenvalue weighted by Gasteiger charge is 2.12. The van der Waals surface area contributed by atoms with Crippen molar-refractivity contribution < 1.29 is 9.53 Å². The maximum absolute atomic E-state index is 12.2. The fraction of sp³-hybridized carbons (Fsp3) is 0.222. The van der Waals surface area contributed by atoms with Crippen molar-refractivity contribution >= 4 is 35.0 Å². The van der Waals surface area contributed by atoms with Gasteiger partial charge in [0.05, 0.1) is 18.0 Å². The number of carbonyl (C=O) groups excluding carboxylic acids is 1. The van der Waals surface area contributed by atoms with Crippen LogP contribution in [0.3, 0.4) is 0 Å². The van der Waals surface area contributed by atoms with Gasteiger partial charge in [0.25, 0.3) is 0 Å². The predicted octanol–water partition coefficient (Wildman–Crippen LogP) is 3.75. The first-order chi connectivity index (χ1) is 13.1. The highest BCUT2D eigenvalue weighted by molar-refractivity contribution is 7.99. The summed E-state index contributed by atoms with van der Waals surface area (Å²) < 4.78 is 6.94. The molecule has 0 aliphatic heterocycles. The van der Waals surface area contributed by atoms with Gasteiger partial charge in [-0.15, -0.1) is 5.10 Å². The van der Waals surface area contributed by atoms with E-state index in [0.29, 0.717) is 22.5 Å². The molecule has 0 fully saturated rings. The summed E-state index contributed by atoms with van der Waals surface area (Å²) in [5, 5.41) is 15.6. The number of tetrazole rings is 1. The zero-order chi connectivity index (χ0) is 19.2. The molecule has 1 aromatic heterocycles. The Morgan fingerprint density at radius 1 is 1.26 bits per heavy atom. The third kappa shape index (κ3) is 4.99. The van der Waals surface area contributed by atoms with Crippen molar-refractivity contribution in [2.24, 2.45) is 0 Å². The first kappa shape index (κ1) is 19.2. The molecule has 0 saturated heterocycles. The number of aryl methyl sites for hydroxylation is 1. The predicted molar refractivity (Wildman–Crippen MR) is 106 cm³/mol. The van der Waals surface area contributed by atoms with Crippen molar-refractivity contribution in [2.75, 3.05) is 17.7 Å². The number of carbonyl (C=O) groups is 1. The van der Waals surface area contributed by atoms with Gasteiger partial charge < -0.3 is 10.1 Å². The van der Waals surface area contributed by atoms with Gasteiger partial charge >= 0.3 is 0 Å². The minimum atomic E-state index is -0.152. The van der Waals surface area contributed by atoms with E-state index in [0.717, 1.165) is 17.0 Å². The molecule has 7 nitrogen and oxygen atoms in total. The number of hydrogen-bond acceptors (Lipinski definition) is 6. The van der Waals surface area contributed by atoms with E-state index in [-0.39, 0.29) is 11.7 Å². The molecular formula is C18H18ClN5O2S. The Bertz CT molecular complexity index is 930. The molecular weight excluding hydrogens is 386 g/mol. The smallest absolute Gasteiger partial charge is 0.234 e. The summed E-state index contributed by atoms with van der Waals surface area (Å²) in [6.45, 7) is 4.45. The quantitative estimate of drug-likeness (QED) is 0.605. The Kier molecular flexibility index (Phi) is 6.31. The molecule has 1 amide bonds. The summed E-state index contributed by atoms with van der Waals surface area (Å²) in [5.74, 6) is 0.786. The molecule has 0 bridgehead atoms. The summed E-state index contributed by atoms with van der Waals surface area (Å²) >= 11 is 7.41. The van der Waals surface area contributed by atoms with Crippen molar-refractivity contribution in [3.8, 4) is 11.4 Å². The van der Waals surface area contributed by atoms with Crippen molar-refractivity contribution in [1.29, 1.82) is 0 Å². The van der Waals surface area contributed by atoms with Crippen LogP contribution in [0.1, 0.15) is 12.5 Å². The van der Waals surface area contributed by atoms with Gasteiger partial charge in [0.1, 0.15) is 5.75 Å². The van der Waals surface area contributed by atoms with Crippen LogP contribution in [-0.2, 0) is 4.79 Å². The number of halogens is 1. The number of amides is 1. The molecule has 2 aromatic carbocycles. The van der Waals surface area contributed by atoms with Gasteiger partial charge in [-0.05, 0) is 66.2 Å². The second-order valence-corrected chi connectivity index (χ2v) is 6.95. The van der Waals surface area contributed by atoms with E-state index in [9.17, 15) is 4.79 Å². The first-order valence-electron chi connectivity index (χ1n) is 8.27. The molecule has 0 atom stereocenters. The maximum atomic E-state index is 12.2. The molecule has 3 rings (SSSR count). The van der Waals surface area contributed by atoms with Gasteiger partial charge in [-0.2, -0.15) is 4.68 Å². The third-order valence-electron chi connectivity index (χ3n) is 3.62. The van der Waals surface area contributed by atoms with E-state index >= 15 is 0 Å². The van der Waals surface area contributed by atoms with Crippen LogP contribution in [0.5, 0.6) is 5.75 Å². The summed E-state index contributed by atoms with van der Waals surface area (Å²) in [7, 11) is 0. The standard InChI is InChI=1S/C18H18ClN5O2S/c1-3-26-15-8-5-13(6-9-15)20-17(25)11-27-18-21-22-23-24(18)14-7-4-12(2)16(19)10-14/h4-10H,3,11H2,1-2H3,(H,20,25). The number of rotatable bonds is 7. The van der Waals surface area contributed by atoms with E-state index in [1.807, 2.05) is 38.1 Å². The molecule has 1 heterocycles. The third-order valence-corrected chi connectivity index (χ3v) is 4.95. The molecule has 9 heteroatoms. The number of ether oxygens (including phenoxy) is 1. The number of hydrogen-bond donors (Lipinski definition) is 1. The topological polar surface area (TPSA) is 81.9 Å². The Balaban J connectivity index is 1.61. The van der Waals surface area contributed by atoms with E-state index in [1.165, 1.54) is 11.8 Å². The van der Waals surface area contributed by atoms with E-state index in [1.54, 1.807) is 22.9 Å². The number of aromatic nitrogens is 4. The average molecular weight is 404 g/mol. The largest absolute Gasteiger partial charge is 0.494 e. The van der Waals surface area contributed by atoms with E-state index < -0.39 is 0 Å². The molecule has 1 N–H and O–H groups in total. The van der Waals surface area contributed by atoms with Gasteiger partial charge in [0.15, 0.2) is 0 Å². The lowest BCUT2D eigenvalue weighted by Gasteiger charge is -2.08. The highest BCUT2D eigenvalue weighted by Crippen LogP contribution is 2.23. The number of nitrogens with zero attached hydrogens (tertiary/aromatic N) is 4. The van der Waals surface area contributed by atoms with Gasteiger partial charge in [-0.3, -0.25) is 4.79 Å². The fourth-order valence-corrected chi connectivity index (χ4v) is 3.14. The molecule has 0 saturated carbocycles. The van der Waals surface area contributed by atoms with Crippen LogP contribution in [0.25, 0.3) is 5.69 Å².